The van der Waals surface area contributed by atoms with E-state index in [-0.39, 0.29) is 0 Å². The van der Waals surface area contributed by atoms with E-state index in [0.717, 1.165) is 10.9 Å². The molecule has 0 saturated heterocycles. The van der Waals surface area contributed by atoms with Crippen LogP contribution in [0, 0.1) is 17.7 Å². The summed E-state index contributed by atoms with van der Waals surface area (Å²) in [5, 5.41) is 19.3. The average Bonchev–Trinajstić information content (AvgIpc) is 3.15. The fourth-order valence-corrected chi connectivity index (χ4v) is 3.38. The number of halogens is 2. The molecule has 0 fully saturated rings. The fraction of sp³-hybridized carbons (Fsp3) is 0.227. The van der Waals surface area contributed by atoms with E-state index in [4.69, 9.17) is 11.6 Å². The van der Waals surface area contributed by atoms with E-state index >= 15 is 0 Å². The molecule has 0 atom stereocenters. The van der Waals surface area contributed by atoms with Crippen molar-refractivity contribution in [3.8, 4) is 11.8 Å². The molecular weight excluding hydrogens is 405 g/mol. The number of aliphatic hydroxyl groups is 1. The van der Waals surface area contributed by atoms with E-state index in [9.17, 15) is 9.50 Å². The molecular formula is C22H19ClFN5O. The van der Waals surface area contributed by atoms with Gasteiger partial charge < -0.3 is 10.0 Å². The Labute approximate surface area is 177 Å². The highest BCUT2D eigenvalue weighted by Gasteiger charge is 2.18. The molecule has 8 heteroatoms. The molecule has 0 saturated carbocycles. The van der Waals surface area contributed by atoms with Gasteiger partial charge >= 0.3 is 0 Å². The van der Waals surface area contributed by atoms with Gasteiger partial charge in [0.05, 0.1) is 5.52 Å². The Morgan fingerprint density at radius 1 is 1.23 bits per heavy atom. The second-order valence-corrected chi connectivity index (χ2v) is 7.79. The van der Waals surface area contributed by atoms with Crippen molar-refractivity contribution in [3.05, 3.63) is 59.1 Å². The highest BCUT2D eigenvalue weighted by Crippen LogP contribution is 2.33. The first-order valence-corrected chi connectivity index (χ1v) is 9.75. The molecule has 0 spiro atoms. The summed E-state index contributed by atoms with van der Waals surface area (Å²) in [5.74, 6) is 6.14. The van der Waals surface area contributed by atoms with Gasteiger partial charge in [-0.05, 0) is 57.2 Å². The molecule has 0 aliphatic carbocycles. The summed E-state index contributed by atoms with van der Waals surface area (Å²) in [7, 11) is 0. The summed E-state index contributed by atoms with van der Waals surface area (Å²) in [5.41, 5.74) is 0.670. The minimum absolute atomic E-state index is 0.414. The lowest BCUT2D eigenvalue weighted by molar-refractivity contribution is 0.143. The van der Waals surface area contributed by atoms with Gasteiger partial charge in [-0.15, -0.1) is 10.2 Å². The predicted octanol–water partition coefficient (Wildman–Crippen LogP) is 4.35. The third-order valence-corrected chi connectivity index (χ3v) is 4.71. The van der Waals surface area contributed by atoms with Crippen LogP contribution >= 0.6 is 11.6 Å². The molecule has 2 aromatic heterocycles. The van der Waals surface area contributed by atoms with E-state index in [1.54, 1.807) is 36.7 Å². The Balaban J connectivity index is 1.91. The van der Waals surface area contributed by atoms with Crippen LogP contribution in [-0.4, -0.2) is 36.8 Å². The molecule has 0 unspecified atom stereocenters. The summed E-state index contributed by atoms with van der Waals surface area (Å²) < 4.78 is 16.2. The fourth-order valence-electron chi connectivity index (χ4n) is 3.21. The molecule has 0 amide bonds. The summed E-state index contributed by atoms with van der Waals surface area (Å²) >= 11 is 6.21. The molecule has 0 aliphatic rings. The molecule has 30 heavy (non-hydrogen) atoms. The Morgan fingerprint density at radius 2 is 2.03 bits per heavy atom. The minimum Gasteiger partial charge on any atom is -0.378 e. The van der Waals surface area contributed by atoms with Gasteiger partial charge in [0.1, 0.15) is 23.6 Å². The first-order chi connectivity index (χ1) is 14.2. The lowest BCUT2D eigenvalue weighted by atomic mass is 10.1. The van der Waals surface area contributed by atoms with Gasteiger partial charge in [0.15, 0.2) is 0 Å². The third-order valence-electron chi connectivity index (χ3n) is 4.47. The molecule has 2 heterocycles. The summed E-state index contributed by atoms with van der Waals surface area (Å²) in [6.07, 6.45) is 1.58. The molecule has 4 rings (SSSR count). The number of hydrogen-bond donors (Lipinski definition) is 1. The zero-order chi connectivity index (χ0) is 21.5. The topological polar surface area (TPSA) is 66.5 Å². The maximum atomic E-state index is 14.4. The largest absolute Gasteiger partial charge is 0.378 e. The summed E-state index contributed by atoms with van der Waals surface area (Å²) in [6, 6.07) is 10.0. The van der Waals surface area contributed by atoms with Crippen molar-refractivity contribution in [2.75, 3.05) is 11.4 Å². The van der Waals surface area contributed by atoms with Crippen molar-refractivity contribution >= 4 is 39.8 Å². The van der Waals surface area contributed by atoms with Crippen LogP contribution in [0.5, 0.6) is 0 Å². The molecule has 1 N–H and O–H groups in total. The molecule has 0 radical (unpaired) electrons. The van der Waals surface area contributed by atoms with Gasteiger partial charge in [0.25, 0.3) is 5.78 Å². The van der Waals surface area contributed by atoms with Crippen LogP contribution in [0.4, 0.5) is 15.9 Å². The maximum absolute atomic E-state index is 14.4. The Hall–Kier alpha value is -3.21. The standard InChI is InChI=1S/C22H19ClFN5O/c1-4-28(17-10-14(9-16(24)12-17)7-8-22(2,3)30)20-18-6-5-15(23)11-19(18)29-13-25-27-21(29)26-20/h5-6,9-13,30H,4H2,1-3H3. The van der Waals surface area contributed by atoms with Gasteiger partial charge in [0, 0.05) is 28.2 Å². The van der Waals surface area contributed by atoms with E-state index in [0.29, 0.717) is 34.4 Å². The summed E-state index contributed by atoms with van der Waals surface area (Å²) in [4.78, 5) is 6.54. The van der Waals surface area contributed by atoms with Crippen LogP contribution in [0.1, 0.15) is 26.3 Å². The van der Waals surface area contributed by atoms with Crippen molar-refractivity contribution in [1.82, 2.24) is 19.6 Å². The van der Waals surface area contributed by atoms with Crippen LogP contribution in [0.3, 0.4) is 0 Å². The van der Waals surface area contributed by atoms with Crippen molar-refractivity contribution in [2.45, 2.75) is 26.4 Å². The number of fused-ring (bicyclic) bond motifs is 3. The number of rotatable bonds is 3. The van der Waals surface area contributed by atoms with E-state index in [2.05, 4.69) is 27.0 Å². The van der Waals surface area contributed by atoms with Gasteiger partial charge in [-0.1, -0.05) is 23.4 Å². The smallest absolute Gasteiger partial charge is 0.257 e. The molecule has 2 aromatic carbocycles. The lowest BCUT2D eigenvalue weighted by Crippen LogP contribution is -2.19. The SMILES string of the molecule is CCN(c1cc(F)cc(C#CC(C)(C)O)c1)c1nc2nncn2c2cc(Cl)ccc12. The monoisotopic (exact) mass is 423 g/mol. The molecule has 0 bridgehead atoms. The van der Waals surface area contributed by atoms with Crippen LogP contribution in [0.15, 0.2) is 42.7 Å². The van der Waals surface area contributed by atoms with Gasteiger partial charge in [-0.25, -0.2) is 4.39 Å². The zero-order valence-corrected chi connectivity index (χ0v) is 17.4. The van der Waals surface area contributed by atoms with Crippen LogP contribution in [-0.2, 0) is 0 Å². The number of hydrogen-bond acceptors (Lipinski definition) is 5. The maximum Gasteiger partial charge on any atom is 0.257 e. The number of aromatic nitrogens is 4. The molecule has 4 aromatic rings. The van der Waals surface area contributed by atoms with Crippen LogP contribution in [0.2, 0.25) is 5.02 Å². The van der Waals surface area contributed by atoms with Gasteiger partial charge in [-0.2, -0.15) is 4.98 Å². The number of anilines is 2. The second-order valence-electron chi connectivity index (χ2n) is 7.35. The quantitative estimate of drug-likeness (QED) is 0.496. The predicted molar refractivity (Wildman–Crippen MR) is 116 cm³/mol. The molecule has 6 nitrogen and oxygen atoms in total. The second kappa shape index (κ2) is 7.56. The number of benzene rings is 2. The summed E-state index contributed by atoms with van der Waals surface area (Å²) in [6.45, 7) is 5.63. The van der Waals surface area contributed by atoms with Crippen molar-refractivity contribution in [2.24, 2.45) is 0 Å². The van der Waals surface area contributed by atoms with E-state index in [1.807, 2.05) is 24.0 Å². The van der Waals surface area contributed by atoms with Gasteiger partial charge in [0.2, 0.25) is 0 Å². The first kappa shape index (κ1) is 20.1. The van der Waals surface area contributed by atoms with Crippen molar-refractivity contribution < 1.29 is 9.50 Å². The molecule has 0 aliphatic heterocycles. The van der Waals surface area contributed by atoms with Crippen molar-refractivity contribution in [1.29, 1.82) is 0 Å². The average molecular weight is 424 g/mol. The van der Waals surface area contributed by atoms with E-state index in [1.165, 1.54) is 12.1 Å². The first-order valence-electron chi connectivity index (χ1n) is 9.38. The minimum atomic E-state index is -1.17. The Bertz CT molecular complexity index is 1320. The Kier molecular flexibility index (Phi) is 5.06. The normalized spacial score (nSPS) is 11.5. The van der Waals surface area contributed by atoms with Gasteiger partial charge in [-0.3, -0.25) is 4.40 Å². The highest BCUT2D eigenvalue weighted by molar-refractivity contribution is 6.31. The molecule has 152 valence electrons. The Morgan fingerprint density at radius 3 is 2.77 bits per heavy atom. The van der Waals surface area contributed by atoms with Crippen molar-refractivity contribution in [3.63, 3.8) is 0 Å². The lowest BCUT2D eigenvalue weighted by Gasteiger charge is -2.24. The zero-order valence-electron chi connectivity index (χ0n) is 16.7. The number of nitrogens with zero attached hydrogens (tertiary/aromatic N) is 5. The van der Waals surface area contributed by atoms with E-state index < -0.39 is 11.4 Å². The third kappa shape index (κ3) is 3.92. The highest BCUT2D eigenvalue weighted by atomic mass is 35.5. The van der Waals surface area contributed by atoms with Crippen LogP contribution < -0.4 is 4.90 Å². The van der Waals surface area contributed by atoms with Crippen LogP contribution in [0.25, 0.3) is 16.7 Å².